The van der Waals surface area contributed by atoms with Crippen LogP contribution in [0.1, 0.15) is 12.5 Å². The molecule has 0 amide bonds. The van der Waals surface area contributed by atoms with Gasteiger partial charge in [-0.3, -0.25) is 0 Å². The summed E-state index contributed by atoms with van der Waals surface area (Å²) in [6, 6.07) is 7.49. The molecule has 1 aromatic carbocycles. The van der Waals surface area contributed by atoms with E-state index in [1.807, 2.05) is 12.1 Å². The summed E-state index contributed by atoms with van der Waals surface area (Å²) in [7, 11) is 0. The summed E-state index contributed by atoms with van der Waals surface area (Å²) in [6.45, 7) is 2.08. The van der Waals surface area contributed by atoms with E-state index in [0.717, 1.165) is 6.42 Å². The quantitative estimate of drug-likeness (QED) is 0.492. The van der Waals surface area contributed by atoms with Crippen LogP contribution in [0.4, 0.5) is 0 Å². The van der Waals surface area contributed by atoms with Crippen LogP contribution in [0.5, 0.6) is 5.75 Å². The third-order valence-electron chi connectivity index (χ3n) is 1.46. The van der Waals surface area contributed by atoms with Crippen LogP contribution in [0, 0.1) is 0 Å². The van der Waals surface area contributed by atoms with Gasteiger partial charge in [0, 0.05) is 0 Å². The standard InChI is InChI=1S/C8H10O2S.K/c1-2-7-3-5-8(6-4-7)10-11-9;/h3-6,9H,2H2,1H3;/q;+1/p-1. The summed E-state index contributed by atoms with van der Waals surface area (Å²) >= 11 is 0.118. The van der Waals surface area contributed by atoms with Gasteiger partial charge in [0.15, 0.2) is 0 Å². The molecule has 0 aliphatic rings. The van der Waals surface area contributed by atoms with Crippen molar-refractivity contribution in [3.63, 3.8) is 0 Å². The maximum atomic E-state index is 9.95. The second kappa shape index (κ2) is 7.38. The van der Waals surface area contributed by atoms with Gasteiger partial charge in [-0.2, -0.15) is 0 Å². The first-order chi connectivity index (χ1) is 5.36. The first kappa shape index (κ1) is 13.0. The molecule has 0 unspecified atom stereocenters. The molecule has 1 aromatic rings. The van der Waals surface area contributed by atoms with Crippen LogP contribution in [0.25, 0.3) is 0 Å². The Morgan fingerprint density at radius 1 is 1.33 bits per heavy atom. The Hall–Kier alpha value is 0.966. The van der Waals surface area contributed by atoms with Crippen LogP contribution in [-0.2, 0) is 6.42 Å². The molecule has 4 heteroatoms. The van der Waals surface area contributed by atoms with Crippen LogP contribution in [0.15, 0.2) is 24.3 Å². The van der Waals surface area contributed by atoms with Crippen LogP contribution >= 0.6 is 12.3 Å². The molecule has 2 nitrogen and oxygen atoms in total. The Morgan fingerprint density at radius 3 is 2.33 bits per heavy atom. The Kier molecular flexibility index (Phi) is 7.97. The van der Waals surface area contributed by atoms with Crippen LogP contribution in [0.2, 0.25) is 0 Å². The molecule has 0 aliphatic carbocycles. The second-order valence-corrected chi connectivity index (χ2v) is 2.45. The predicted molar refractivity (Wildman–Crippen MR) is 44.8 cm³/mol. The van der Waals surface area contributed by atoms with Crippen molar-refractivity contribution in [2.45, 2.75) is 13.3 Å². The maximum Gasteiger partial charge on any atom is 1.00 e. The number of hydrogen-bond donors (Lipinski definition) is 0. The average molecular weight is 208 g/mol. The van der Waals surface area contributed by atoms with Crippen LogP contribution in [0.3, 0.4) is 0 Å². The Morgan fingerprint density at radius 2 is 1.92 bits per heavy atom. The number of rotatable bonds is 3. The van der Waals surface area contributed by atoms with Gasteiger partial charge in [0.05, 0.1) is 0 Å². The normalized spacial score (nSPS) is 8.83. The van der Waals surface area contributed by atoms with Gasteiger partial charge in [0.25, 0.3) is 0 Å². The van der Waals surface area contributed by atoms with E-state index in [9.17, 15) is 4.55 Å². The van der Waals surface area contributed by atoms with Gasteiger partial charge in [-0.1, -0.05) is 19.1 Å². The largest absolute Gasteiger partial charge is 1.00 e. The van der Waals surface area contributed by atoms with Gasteiger partial charge in [-0.05, 0) is 36.4 Å². The molecule has 1 rings (SSSR count). The average Bonchev–Trinajstić information content (AvgIpc) is 2.07. The zero-order chi connectivity index (χ0) is 8.10. The monoisotopic (exact) mass is 208 g/mol. The van der Waals surface area contributed by atoms with Gasteiger partial charge in [-0.15, -0.1) is 0 Å². The summed E-state index contributed by atoms with van der Waals surface area (Å²) in [5, 5.41) is 0. The third kappa shape index (κ3) is 4.27. The first-order valence-electron chi connectivity index (χ1n) is 3.42. The number of hydrogen-bond acceptors (Lipinski definition) is 3. The molecule has 60 valence electrons. The molecule has 0 fully saturated rings. The minimum atomic E-state index is 0. The third-order valence-corrected chi connectivity index (χ3v) is 1.72. The first-order valence-corrected chi connectivity index (χ1v) is 4.09. The topological polar surface area (TPSA) is 32.3 Å². The summed E-state index contributed by atoms with van der Waals surface area (Å²) in [4.78, 5) is 0. The summed E-state index contributed by atoms with van der Waals surface area (Å²) in [5.41, 5.74) is 1.24. The van der Waals surface area contributed by atoms with Crippen LogP contribution in [-0.4, -0.2) is 4.55 Å². The van der Waals surface area contributed by atoms with Crippen LogP contribution < -0.4 is 55.6 Å². The van der Waals surface area contributed by atoms with E-state index < -0.39 is 0 Å². The van der Waals surface area contributed by atoms with Crippen molar-refractivity contribution in [3.8, 4) is 5.75 Å². The van der Waals surface area contributed by atoms with Crippen molar-refractivity contribution >= 4 is 12.3 Å². The fraction of sp³-hybridized carbons (Fsp3) is 0.250. The molecule has 12 heavy (non-hydrogen) atoms. The van der Waals surface area contributed by atoms with Crippen molar-refractivity contribution in [1.82, 2.24) is 0 Å². The SMILES string of the molecule is CCc1ccc(OS[O-])cc1.[K+]. The molecule has 0 atom stereocenters. The Balaban J connectivity index is 0.00000121. The molecule has 0 bridgehead atoms. The van der Waals surface area contributed by atoms with Gasteiger partial charge >= 0.3 is 51.4 Å². The smallest absolute Gasteiger partial charge is 0.766 e. The molecular formula is C8H9KO2S. The molecule has 0 aliphatic heterocycles. The maximum absolute atomic E-state index is 9.95. The molecule has 0 heterocycles. The van der Waals surface area contributed by atoms with Crippen molar-refractivity contribution < 1.29 is 60.1 Å². The summed E-state index contributed by atoms with van der Waals surface area (Å²) < 4.78 is 14.6. The van der Waals surface area contributed by atoms with E-state index in [1.165, 1.54) is 5.56 Å². The minimum Gasteiger partial charge on any atom is -0.766 e. The number of benzene rings is 1. The molecule has 0 radical (unpaired) electrons. The van der Waals surface area contributed by atoms with E-state index >= 15 is 0 Å². The van der Waals surface area contributed by atoms with E-state index in [2.05, 4.69) is 11.1 Å². The van der Waals surface area contributed by atoms with Gasteiger partial charge in [-0.25, -0.2) is 0 Å². The molecule has 0 N–H and O–H groups in total. The Bertz CT molecular complexity index is 213. The van der Waals surface area contributed by atoms with Crippen molar-refractivity contribution in [3.05, 3.63) is 29.8 Å². The van der Waals surface area contributed by atoms with E-state index in [-0.39, 0.29) is 63.7 Å². The van der Waals surface area contributed by atoms with E-state index in [1.54, 1.807) is 12.1 Å². The van der Waals surface area contributed by atoms with Gasteiger partial charge in [0.1, 0.15) is 5.75 Å². The zero-order valence-corrected chi connectivity index (χ0v) is 11.2. The fourth-order valence-electron chi connectivity index (χ4n) is 0.820. The minimum absolute atomic E-state index is 0. The molecule has 0 spiro atoms. The molecule has 0 aromatic heterocycles. The van der Waals surface area contributed by atoms with Gasteiger partial charge in [0.2, 0.25) is 0 Å². The van der Waals surface area contributed by atoms with Crippen molar-refractivity contribution in [1.29, 1.82) is 0 Å². The molecule has 0 saturated heterocycles. The van der Waals surface area contributed by atoms with Gasteiger partial charge < -0.3 is 8.74 Å². The van der Waals surface area contributed by atoms with Crippen molar-refractivity contribution in [2.24, 2.45) is 0 Å². The van der Waals surface area contributed by atoms with E-state index in [0.29, 0.717) is 5.75 Å². The molecular weight excluding hydrogens is 199 g/mol. The van der Waals surface area contributed by atoms with E-state index in [4.69, 9.17) is 0 Å². The Labute approximate surface area is 120 Å². The fourth-order valence-corrected chi connectivity index (χ4v) is 1.01. The predicted octanol–water partition coefficient (Wildman–Crippen LogP) is -0.590. The summed E-state index contributed by atoms with van der Waals surface area (Å²) in [6.07, 6.45) is 1.00. The molecule has 0 saturated carbocycles. The zero-order valence-electron chi connectivity index (χ0n) is 7.24. The number of aryl methyl sites for hydroxylation is 1. The van der Waals surface area contributed by atoms with Crippen molar-refractivity contribution in [2.75, 3.05) is 0 Å². The second-order valence-electron chi connectivity index (χ2n) is 2.15. The summed E-state index contributed by atoms with van der Waals surface area (Å²) in [5.74, 6) is 0.613.